The van der Waals surface area contributed by atoms with Crippen LogP contribution in [0, 0.1) is 17.6 Å². The summed E-state index contributed by atoms with van der Waals surface area (Å²) < 4.78 is 46.5. The van der Waals surface area contributed by atoms with Gasteiger partial charge in [0, 0.05) is 45.8 Å². The van der Waals surface area contributed by atoms with Crippen LogP contribution in [0.4, 0.5) is 18.9 Å². The maximum atomic E-state index is 14.9. The van der Waals surface area contributed by atoms with Gasteiger partial charge in [0.25, 0.3) is 5.56 Å². The quantitative estimate of drug-likeness (QED) is 0.308. The fourth-order valence-corrected chi connectivity index (χ4v) is 5.65. The van der Waals surface area contributed by atoms with Crippen LogP contribution in [0.5, 0.6) is 0 Å². The predicted molar refractivity (Wildman–Crippen MR) is 132 cm³/mol. The van der Waals surface area contributed by atoms with Crippen LogP contribution in [0.1, 0.15) is 36.2 Å². The third-order valence-corrected chi connectivity index (χ3v) is 7.53. The fourth-order valence-electron chi connectivity index (χ4n) is 5.48. The Hall–Kier alpha value is -4.32. The van der Waals surface area contributed by atoms with Gasteiger partial charge in [-0.1, -0.05) is 11.6 Å². The highest BCUT2D eigenvalue weighted by Gasteiger charge is 2.56. The molecule has 1 fully saturated rings. The first kappa shape index (κ1) is 22.8. The average molecular weight is 537 g/mol. The van der Waals surface area contributed by atoms with Crippen LogP contribution in [0.25, 0.3) is 22.5 Å². The van der Waals surface area contributed by atoms with E-state index in [2.05, 4.69) is 20.5 Å². The van der Waals surface area contributed by atoms with Crippen LogP contribution in [0.15, 0.2) is 58.5 Å². The first-order valence-corrected chi connectivity index (χ1v) is 12.1. The Kier molecular flexibility index (Phi) is 4.86. The summed E-state index contributed by atoms with van der Waals surface area (Å²) >= 11 is 6.25. The van der Waals surface area contributed by atoms with Crippen LogP contribution < -0.4 is 11.3 Å². The number of aliphatic imine (C=N–C) groups is 1. The minimum Gasteiger partial charge on any atom is -0.396 e. The Morgan fingerprint density at radius 1 is 1.05 bits per heavy atom. The van der Waals surface area contributed by atoms with Gasteiger partial charge in [-0.2, -0.15) is 9.07 Å². The number of anilines is 1. The lowest BCUT2D eigenvalue weighted by molar-refractivity contribution is 0.509. The maximum Gasteiger partial charge on any atom is 0.254 e. The van der Waals surface area contributed by atoms with Gasteiger partial charge in [-0.25, -0.2) is 18.8 Å². The van der Waals surface area contributed by atoms with E-state index in [-0.39, 0.29) is 40.6 Å². The Bertz CT molecular complexity index is 1780. The van der Waals surface area contributed by atoms with Gasteiger partial charge in [-0.3, -0.25) is 9.36 Å². The molecular formula is C25H16ClF3N8O. The molecule has 2 aromatic carbocycles. The third-order valence-electron chi connectivity index (χ3n) is 7.29. The van der Waals surface area contributed by atoms with Crippen LogP contribution in [-0.4, -0.2) is 35.5 Å². The number of nitrogens with two attached hydrogens (primary N) is 1. The van der Waals surface area contributed by atoms with E-state index in [0.29, 0.717) is 33.5 Å². The molecule has 3 atom stereocenters. The number of fused-ring (bicyclic) bond motifs is 3. The minimum atomic E-state index is -1.24. The molecule has 4 aromatic rings. The Morgan fingerprint density at radius 2 is 1.89 bits per heavy atom. The Balaban J connectivity index is 1.27. The van der Waals surface area contributed by atoms with Crippen LogP contribution in [0.3, 0.4) is 0 Å². The molecule has 7 rings (SSSR count). The molecule has 0 spiro atoms. The Labute approximate surface area is 217 Å². The lowest BCUT2D eigenvalue weighted by atomic mass is 9.97. The standard InChI is InChI=1S/C25H16ClF3N8O/c26-10-1-4-19(36-9-31-34-35-36)15(5-10)17-8-20(38)37-23(12-6-14(12)25(37)33-17)18-7-13(24(29)32-18)11-2-3-16(30)22(28)21(11)27/h1-5,8-9,12,14,23H,6-7,30H2. The van der Waals surface area contributed by atoms with Gasteiger partial charge in [0.2, 0.25) is 5.95 Å². The van der Waals surface area contributed by atoms with Crippen molar-refractivity contribution in [3.8, 4) is 16.9 Å². The lowest BCUT2D eigenvalue weighted by Crippen LogP contribution is -2.30. The molecule has 2 aliphatic heterocycles. The van der Waals surface area contributed by atoms with Gasteiger partial charge in [0.1, 0.15) is 12.2 Å². The number of nitrogens with zero attached hydrogens (tertiary/aromatic N) is 7. The molecule has 4 heterocycles. The zero-order chi connectivity index (χ0) is 26.3. The number of allylic oxidation sites excluding steroid dienone is 1. The number of hydrogen-bond acceptors (Lipinski definition) is 7. The number of nitrogen functional groups attached to an aromatic ring is 1. The highest BCUT2D eigenvalue weighted by Crippen LogP contribution is 2.60. The molecule has 3 unspecified atom stereocenters. The molecule has 2 N–H and O–H groups in total. The van der Waals surface area contributed by atoms with Crippen molar-refractivity contribution in [3.05, 3.63) is 87.1 Å². The summed E-state index contributed by atoms with van der Waals surface area (Å²) in [7, 11) is 0. The van der Waals surface area contributed by atoms with Crippen molar-refractivity contribution in [3.63, 3.8) is 0 Å². The smallest absolute Gasteiger partial charge is 0.254 e. The van der Waals surface area contributed by atoms with Crippen LogP contribution in [0.2, 0.25) is 5.02 Å². The molecule has 38 heavy (non-hydrogen) atoms. The summed E-state index contributed by atoms with van der Waals surface area (Å²) in [5.41, 5.74) is 6.33. The Morgan fingerprint density at radius 3 is 2.68 bits per heavy atom. The predicted octanol–water partition coefficient (Wildman–Crippen LogP) is 4.24. The van der Waals surface area contributed by atoms with Gasteiger partial charge in [0.15, 0.2) is 11.6 Å². The SMILES string of the molecule is Nc1ccc(C2=C(F)N=C(C3C4CC4c4nc(-c5cc(Cl)ccc5-n5cnnn5)cc(=O)n43)C2)c(F)c1F. The van der Waals surface area contributed by atoms with Gasteiger partial charge < -0.3 is 5.73 Å². The molecule has 2 aromatic heterocycles. The van der Waals surface area contributed by atoms with E-state index in [0.717, 1.165) is 6.42 Å². The first-order chi connectivity index (χ1) is 18.3. The van der Waals surface area contributed by atoms with E-state index >= 15 is 0 Å². The van der Waals surface area contributed by atoms with Crippen molar-refractivity contribution in [2.75, 3.05) is 5.73 Å². The van der Waals surface area contributed by atoms with Crippen LogP contribution >= 0.6 is 11.6 Å². The second kappa shape index (κ2) is 8.09. The molecule has 3 aliphatic rings. The minimum absolute atomic E-state index is 0.00250. The van der Waals surface area contributed by atoms with E-state index < -0.39 is 23.6 Å². The van der Waals surface area contributed by atoms with Crippen molar-refractivity contribution in [2.45, 2.75) is 24.8 Å². The number of tetrazole rings is 1. The summed E-state index contributed by atoms with van der Waals surface area (Å²) in [5, 5.41) is 11.7. The molecule has 0 bridgehead atoms. The topological polar surface area (TPSA) is 117 Å². The largest absolute Gasteiger partial charge is 0.396 e. The molecule has 0 saturated heterocycles. The second-order valence-corrected chi connectivity index (χ2v) is 9.89. The summed E-state index contributed by atoms with van der Waals surface area (Å²) in [4.78, 5) is 22.3. The van der Waals surface area contributed by atoms with Gasteiger partial charge in [-0.05, 0) is 53.1 Å². The zero-order valence-corrected chi connectivity index (χ0v) is 20.1. The number of rotatable bonds is 4. The van der Waals surface area contributed by atoms with Gasteiger partial charge in [-0.15, -0.1) is 5.10 Å². The molecule has 13 heteroatoms. The molecular weight excluding hydrogens is 521 g/mol. The van der Waals surface area contributed by atoms with Gasteiger partial charge in [0.05, 0.1) is 23.1 Å². The average Bonchev–Trinajstić information content (AvgIpc) is 3.20. The molecule has 9 nitrogen and oxygen atoms in total. The lowest BCUT2D eigenvalue weighted by Gasteiger charge is -2.19. The molecule has 0 radical (unpaired) electrons. The highest BCUT2D eigenvalue weighted by atomic mass is 35.5. The first-order valence-electron chi connectivity index (χ1n) is 11.7. The summed E-state index contributed by atoms with van der Waals surface area (Å²) in [6.07, 6.45) is 2.11. The third kappa shape index (κ3) is 3.33. The summed E-state index contributed by atoms with van der Waals surface area (Å²) in [6.45, 7) is 0. The second-order valence-electron chi connectivity index (χ2n) is 9.45. The van der Waals surface area contributed by atoms with Crippen LogP contribution in [-0.2, 0) is 0 Å². The van der Waals surface area contributed by atoms with E-state index in [1.54, 1.807) is 18.2 Å². The van der Waals surface area contributed by atoms with E-state index in [1.807, 2.05) is 0 Å². The number of halogens is 4. The molecule has 190 valence electrons. The van der Waals surface area contributed by atoms with Crippen molar-refractivity contribution < 1.29 is 13.2 Å². The van der Waals surface area contributed by atoms with Crippen molar-refractivity contribution in [1.29, 1.82) is 0 Å². The van der Waals surface area contributed by atoms with E-state index in [9.17, 15) is 18.0 Å². The number of benzene rings is 2. The van der Waals surface area contributed by atoms with Crippen molar-refractivity contribution in [1.82, 2.24) is 29.8 Å². The van der Waals surface area contributed by atoms with Gasteiger partial charge >= 0.3 is 0 Å². The molecule has 1 aliphatic carbocycles. The van der Waals surface area contributed by atoms with E-state index in [1.165, 1.54) is 33.8 Å². The number of hydrogen-bond donors (Lipinski definition) is 1. The van der Waals surface area contributed by atoms with Crippen molar-refractivity contribution >= 4 is 28.6 Å². The van der Waals surface area contributed by atoms with E-state index in [4.69, 9.17) is 22.3 Å². The number of aromatic nitrogens is 6. The normalized spacial score (nSPS) is 21.5. The summed E-state index contributed by atoms with van der Waals surface area (Å²) in [6, 6.07) is 8.36. The zero-order valence-electron chi connectivity index (χ0n) is 19.3. The molecule has 0 amide bonds. The molecule has 1 saturated carbocycles. The summed E-state index contributed by atoms with van der Waals surface area (Å²) in [5.74, 6) is -2.82. The monoisotopic (exact) mass is 536 g/mol. The maximum absolute atomic E-state index is 14.9. The fraction of sp³-hybridized carbons (Fsp3) is 0.200. The highest BCUT2D eigenvalue weighted by molar-refractivity contribution is 6.31. The van der Waals surface area contributed by atoms with Crippen molar-refractivity contribution in [2.24, 2.45) is 10.9 Å².